The maximum atomic E-state index is 5.87. The minimum Gasteiger partial charge on any atom is -0.435 e. The Balaban J connectivity index is 1.84. The highest BCUT2D eigenvalue weighted by Gasteiger charge is 2.13. The van der Waals surface area contributed by atoms with E-state index in [0.29, 0.717) is 10.9 Å². The molecule has 0 amide bonds. The van der Waals surface area contributed by atoms with Gasteiger partial charge in [-0.05, 0) is 24.3 Å². The van der Waals surface area contributed by atoms with Crippen molar-refractivity contribution in [1.29, 1.82) is 0 Å². The van der Waals surface area contributed by atoms with Crippen LogP contribution in [0.1, 0.15) is 11.1 Å². The summed E-state index contributed by atoms with van der Waals surface area (Å²) < 4.78 is 5.80. The number of nitrogens with one attached hydrogen (secondary N) is 1. The fraction of sp³-hybridized carbons (Fsp3) is 0. The summed E-state index contributed by atoms with van der Waals surface area (Å²) >= 11 is 5.87. The number of benzene rings is 2. The van der Waals surface area contributed by atoms with Crippen LogP contribution < -0.4 is 5.43 Å². The third-order valence-electron chi connectivity index (χ3n) is 2.72. The Labute approximate surface area is 116 Å². The first-order valence-corrected chi connectivity index (χ1v) is 6.23. The van der Waals surface area contributed by atoms with Gasteiger partial charge in [0.2, 0.25) is 5.90 Å². The lowest BCUT2D eigenvalue weighted by Crippen LogP contribution is -2.16. The van der Waals surface area contributed by atoms with Gasteiger partial charge in [-0.2, -0.15) is 0 Å². The number of hydrogen-bond acceptors (Lipinski definition) is 3. The van der Waals surface area contributed by atoms with Gasteiger partial charge in [-0.25, -0.2) is 0 Å². The molecule has 94 valence electrons. The Morgan fingerprint density at radius 3 is 2.37 bits per heavy atom. The number of hydrogen-bond donors (Lipinski definition) is 1. The van der Waals surface area contributed by atoms with Crippen LogP contribution in [0, 0.1) is 0 Å². The topological polar surface area (TPSA) is 33.6 Å². The smallest absolute Gasteiger partial charge is 0.243 e. The molecular weight excluding hydrogens is 260 g/mol. The van der Waals surface area contributed by atoms with Crippen molar-refractivity contribution in [2.75, 3.05) is 0 Å². The first-order chi connectivity index (χ1) is 9.33. The van der Waals surface area contributed by atoms with Gasteiger partial charge in [0.1, 0.15) is 0 Å². The fourth-order valence-corrected chi connectivity index (χ4v) is 1.89. The van der Waals surface area contributed by atoms with Crippen molar-refractivity contribution >= 4 is 23.3 Å². The zero-order valence-electron chi connectivity index (χ0n) is 10.0. The highest BCUT2D eigenvalue weighted by Crippen LogP contribution is 2.20. The Morgan fingerprint density at radius 1 is 0.895 bits per heavy atom. The molecule has 1 aliphatic heterocycles. The Hall–Kier alpha value is -2.26. The third-order valence-corrected chi connectivity index (χ3v) is 2.97. The van der Waals surface area contributed by atoms with Crippen LogP contribution in [0.25, 0.3) is 5.76 Å². The summed E-state index contributed by atoms with van der Waals surface area (Å²) in [6, 6.07) is 17.2. The van der Waals surface area contributed by atoms with E-state index in [2.05, 4.69) is 10.5 Å². The molecule has 1 heterocycles. The molecule has 4 heteroatoms. The second-order valence-electron chi connectivity index (χ2n) is 4.03. The molecule has 0 atom stereocenters. The van der Waals surface area contributed by atoms with E-state index in [0.717, 1.165) is 16.9 Å². The molecule has 1 N–H and O–H groups in total. The zero-order valence-corrected chi connectivity index (χ0v) is 10.8. The monoisotopic (exact) mass is 270 g/mol. The Bertz CT molecular complexity index is 633. The predicted molar refractivity (Wildman–Crippen MR) is 76.6 cm³/mol. The van der Waals surface area contributed by atoms with Crippen molar-refractivity contribution in [3.05, 3.63) is 76.9 Å². The molecule has 0 saturated carbocycles. The van der Waals surface area contributed by atoms with E-state index < -0.39 is 0 Å². The summed E-state index contributed by atoms with van der Waals surface area (Å²) in [4.78, 5) is 0. The van der Waals surface area contributed by atoms with Gasteiger partial charge in [0.25, 0.3) is 0 Å². The molecule has 0 saturated heterocycles. The van der Waals surface area contributed by atoms with Crippen molar-refractivity contribution in [3.63, 3.8) is 0 Å². The number of hydrazone groups is 1. The van der Waals surface area contributed by atoms with Crippen LogP contribution in [0.4, 0.5) is 0 Å². The molecule has 3 nitrogen and oxygen atoms in total. The number of halogens is 1. The predicted octanol–water partition coefficient (Wildman–Crippen LogP) is 3.62. The van der Waals surface area contributed by atoms with Crippen LogP contribution in [-0.4, -0.2) is 5.90 Å². The van der Waals surface area contributed by atoms with Gasteiger partial charge in [0, 0.05) is 16.1 Å². The molecular formula is C15H11ClN2O. The van der Waals surface area contributed by atoms with Crippen molar-refractivity contribution in [2.45, 2.75) is 0 Å². The lowest BCUT2D eigenvalue weighted by atomic mass is 10.2. The second-order valence-corrected chi connectivity index (χ2v) is 4.47. The summed E-state index contributed by atoms with van der Waals surface area (Å²) in [6.07, 6.45) is 1.73. The Morgan fingerprint density at radius 2 is 1.63 bits per heavy atom. The summed E-state index contributed by atoms with van der Waals surface area (Å²) in [5.41, 5.74) is 4.73. The maximum absolute atomic E-state index is 5.87. The minimum atomic E-state index is 0.526. The average Bonchev–Trinajstić information content (AvgIpc) is 2.49. The molecule has 0 fully saturated rings. The second kappa shape index (κ2) is 5.16. The van der Waals surface area contributed by atoms with Crippen molar-refractivity contribution < 1.29 is 4.74 Å². The summed E-state index contributed by atoms with van der Waals surface area (Å²) in [6.45, 7) is 0. The Kier molecular flexibility index (Phi) is 3.21. The normalized spacial score (nSPS) is 13.9. The minimum absolute atomic E-state index is 0.526. The van der Waals surface area contributed by atoms with Crippen LogP contribution >= 0.6 is 11.6 Å². The van der Waals surface area contributed by atoms with Gasteiger partial charge in [-0.1, -0.05) is 41.9 Å². The lowest BCUT2D eigenvalue weighted by molar-refractivity contribution is 0.485. The number of ether oxygens (including phenoxy) is 1. The standard InChI is InChI=1S/C15H11ClN2O/c16-13-8-6-12(7-9-13)15-18-17-10-14(19-15)11-4-2-1-3-5-11/h1-10,17H. The molecule has 0 bridgehead atoms. The van der Waals surface area contributed by atoms with Gasteiger partial charge >= 0.3 is 0 Å². The van der Waals surface area contributed by atoms with E-state index in [4.69, 9.17) is 16.3 Å². The molecule has 1 aliphatic rings. The van der Waals surface area contributed by atoms with Crippen molar-refractivity contribution in [1.82, 2.24) is 5.43 Å². The van der Waals surface area contributed by atoms with Crippen LogP contribution in [-0.2, 0) is 4.74 Å². The fourth-order valence-electron chi connectivity index (χ4n) is 1.77. The van der Waals surface area contributed by atoms with Gasteiger partial charge in [0.15, 0.2) is 5.76 Å². The van der Waals surface area contributed by atoms with E-state index in [1.807, 2.05) is 54.6 Å². The summed E-state index contributed by atoms with van der Waals surface area (Å²) in [5.74, 6) is 1.26. The van der Waals surface area contributed by atoms with Crippen LogP contribution in [0.5, 0.6) is 0 Å². The zero-order chi connectivity index (χ0) is 13.1. The SMILES string of the molecule is Clc1ccc(C2=NNC=C(c3ccccc3)O2)cc1. The van der Waals surface area contributed by atoms with E-state index in [1.54, 1.807) is 6.20 Å². The number of rotatable bonds is 2. The van der Waals surface area contributed by atoms with Gasteiger partial charge in [0.05, 0.1) is 6.20 Å². The summed E-state index contributed by atoms with van der Waals surface area (Å²) in [5, 5.41) is 4.82. The molecule has 0 unspecified atom stereocenters. The van der Waals surface area contributed by atoms with Gasteiger partial charge in [-0.15, -0.1) is 5.10 Å². The molecule has 3 rings (SSSR count). The number of nitrogens with zero attached hydrogens (tertiary/aromatic N) is 1. The van der Waals surface area contributed by atoms with Crippen LogP contribution in [0.15, 0.2) is 65.9 Å². The van der Waals surface area contributed by atoms with E-state index in [9.17, 15) is 0 Å². The highest BCUT2D eigenvalue weighted by atomic mass is 35.5. The summed E-state index contributed by atoms with van der Waals surface area (Å²) in [7, 11) is 0. The molecule has 19 heavy (non-hydrogen) atoms. The molecule has 2 aromatic rings. The molecule has 0 radical (unpaired) electrons. The molecule has 0 spiro atoms. The van der Waals surface area contributed by atoms with Gasteiger partial charge < -0.3 is 4.74 Å². The average molecular weight is 271 g/mol. The van der Waals surface area contributed by atoms with Gasteiger partial charge in [-0.3, -0.25) is 5.43 Å². The van der Waals surface area contributed by atoms with Crippen LogP contribution in [0.3, 0.4) is 0 Å². The largest absolute Gasteiger partial charge is 0.435 e. The van der Waals surface area contributed by atoms with Crippen molar-refractivity contribution in [3.8, 4) is 0 Å². The highest BCUT2D eigenvalue weighted by molar-refractivity contribution is 6.30. The first kappa shape index (κ1) is 11.8. The lowest BCUT2D eigenvalue weighted by Gasteiger charge is -2.16. The molecule has 0 aromatic heterocycles. The van der Waals surface area contributed by atoms with E-state index >= 15 is 0 Å². The van der Waals surface area contributed by atoms with Crippen molar-refractivity contribution in [2.24, 2.45) is 5.10 Å². The van der Waals surface area contributed by atoms with Crippen LogP contribution in [0.2, 0.25) is 5.02 Å². The first-order valence-electron chi connectivity index (χ1n) is 5.85. The third kappa shape index (κ3) is 2.61. The quantitative estimate of drug-likeness (QED) is 0.904. The van der Waals surface area contributed by atoms with E-state index in [-0.39, 0.29) is 0 Å². The van der Waals surface area contributed by atoms with E-state index in [1.165, 1.54) is 0 Å². The molecule has 0 aliphatic carbocycles. The molecule has 2 aromatic carbocycles. The maximum Gasteiger partial charge on any atom is 0.243 e.